The number of carbonyl (C=O) groups excluding carboxylic acids is 2. The third-order valence-corrected chi connectivity index (χ3v) is 7.46. The summed E-state index contributed by atoms with van der Waals surface area (Å²) < 4.78 is 33.2. The van der Waals surface area contributed by atoms with Crippen molar-refractivity contribution in [2.45, 2.75) is 43.9 Å². The minimum atomic E-state index is -0.936. The Kier molecular flexibility index (Phi) is 4.53. The van der Waals surface area contributed by atoms with Gasteiger partial charge in [0, 0.05) is 0 Å². The lowest BCUT2D eigenvalue weighted by Gasteiger charge is -2.61. The third-order valence-electron chi connectivity index (χ3n) is 7.46. The fraction of sp³-hybridized carbons (Fsp3) is 0.440. The molecule has 5 heteroatoms. The number of hydrogen-bond acceptors (Lipinski definition) is 3. The number of benzene rings is 2. The number of Topliss-reactive ketones (excluding diaryl/α,β-unsaturated/α-hetero) is 1. The molecule has 30 heavy (non-hydrogen) atoms. The Balaban J connectivity index is 1.36. The van der Waals surface area contributed by atoms with E-state index in [0.29, 0.717) is 11.8 Å². The van der Waals surface area contributed by atoms with Crippen molar-refractivity contribution >= 4 is 11.8 Å². The summed E-state index contributed by atoms with van der Waals surface area (Å²) in [5.74, 6) is -2.16. The summed E-state index contributed by atoms with van der Waals surface area (Å²) >= 11 is 0. The molecule has 4 aliphatic rings. The molecule has 0 N–H and O–H groups in total. The van der Waals surface area contributed by atoms with Gasteiger partial charge < -0.3 is 4.74 Å². The van der Waals surface area contributed by atoms with Crippen molar-refractivity contribution in [3.05, 3.63) is 71.3 Å². The molecule has 4 saturated carbocycles. The first-order valence-electron chi connectivity index (χ1n) is 10.6. The SMILES string of the molecule is O=C(COC(=O)C12C[C@H]3C[C@@H](C1)CC(c1ccccc1)(C3)C2)c1c(F)cccc1F. The smallest absolute Gasteiger partial charge is 0.312 e. The van der Waals surface area contributed by atoms with Crippen LogP contribution >= 0.6 is 0 Å². The Morgan fingerprint density at radius 2 is 1.53 bits per heavy atom. The Bertz CT molecular complexity index is 966. The fourth-order valence-electron chi connectivity index (χ4n) is 6.75. The van der Waals surface area contributed by atoms with Gasteiger partial charge in [-0.15, -0.1) is 0 Å². The summed E-state index contributed by atoms with van der Waals surface area (Å²) in [7, 11) is 0. The van der Waals surface area contributed by atoms with Crippen LogP contribution in [0.3, 0.4) is 0 Å². The van der Waals surface area contributed by atoms with Crippen LogP contribution in [-0.4, -0.2) is 18.4 Å². The van der Waals surface area contributed by atoms with E-state index in [4.69, 9.17) is 4.74 Å². The zero-order chi connectivity index (χ0) is 20.9. The molecule has 6 rings (SSSR count). The number of hydrogen-bond donors (Lipinski definition) is 0. The maximum atomic E-state index is 13.9. The molecule has 2 aromatic rings. The molecular formula is C25H24F2O3. The van der Waals surface area contributed by atoms with Gasteiger partial charge in [0.25, 0.3) is 0 Å². The highest BCUT2D eigenvalue weighted by Gasteiger charge is 2.61. The fourth-order valence-corrected chi connectivity index (χ4v) is 6.75. The lowest BCUT2D eigenvalue weighted by atomic mass is 9.43. The molecule has 2 unspecified atom stereocenters. The second-order valence-electron chi connectivity index (χ2n) is 9.48. The molecule has 2 aromatic carbocycles. The molecule has 3 nitrogen and oxygen atoms in total. The molecule has 156 valence electrons. The molecule has 4 aliphatic carbocycles. The molecule has 0 heterocycles. The number of carbonyl (C=O) groups is 2. The van der Waals surface area contributed by atoms with Crippen LogP contribution in [0.2, 0.25) is 0 Å². The van der Waals surface area contributed by atoms with Gasteiger partial charge in [0.2, 0.25) is 5.78 Å². The van der Waals surface area contributed by atoms with Crippen LogP contribution in [0.1, 0.15) is 54.4 Å². The van der Waals surface area contributed by atoms with E-state index in [-0.39, 0.29) is 11.4 Å². The zero-order valence-corrected chi connectivity index (χ0v) is 16.7. The van der Waals surface area contributed by atoms with Gasteiger partial charge in [-0.2, -0.15) is 0 Å². The lowest BCUT2D eigenvalue weighted by Crippen LogP contribution is -2.57. The van der Waals surface area contributed by atoms with Gasteiger partial charge >= 0.3 is 5.97 Å². The van der Waals surface area contributed by atoms with Crippen LogP contribution in [0.15, 0.2) is 48.5 Å². The zero-order valence-electron chi connectivity index (χ0n) is 16.7. The largest absolute Gasteiger partial charge is 0.457 e. The Morgan fingerprint density at radius 3 is 2.17 bits per heavy atom. The van der Waals surface area contributed by atoms with E-state index in [0.717, 1.165) is 50.7 Å². The molecule has 4 atom stereocenters. The summed E-state index contributed by atoms with van der Waals surface area (Å²) in [6.07, 6.45) is 5.59. The molecule has 0 radical (unpaired) electrons. The van der Waals surface area contributed by atoms with E-state index in [9.17, 15) is 18.4 Å². The Labute approximate surface area is 174 Å². The quantitative estimate of drug-likeness (QED) is 0.501. The molecule has 0 saturated heterocycles. The van der Waals surface area contributed by atoms with Gasteiger partial charge in [-0.05, 0) is 73.5 Å². The number of rotatable bonds is 5. The summed E-state index contributed by atoms with van der Waals surface area (Å²) in [6, 6.07) is 13.6. The monoisotopic (exact) mass is 410 g/mol. The maximum absolute atomic E-state index is 13.9. The van der Waals surface area contributed by atoms with Crippen LogP contribution in [0.5, 0.6) is 0 Å². The minimum absolute atomic E-state index is 0.0218. The van der Waals surface area contributed by atoms with E-state index >= 15 is 0 Å². The van der Waals surface area contributed by atoms with Gasteiger partial charge in [0.15, 0.2) is 6.61 Å². The minimum Gasteiger partial charge on any atom is -0.457 e. The first-order valence-corrected chi connectivity index (χ1v) is 10.6. The maximum Gasteiger partial charge on any atom is 0.312 e. The highest BCUT2D eigenvalue weighted by molar-refractivity contribution is 5.98. The van der Waals surface area contributed by atoms with Crippen LogP contribution in [0.25, 0.3) is 0 Å². The lowest BCUT2D eigenvalue weighted by molar-refractivity contribution is -0.172. The van der Waals surface area contributed by atoms with Gasteiger partial charge in [-0.1, -0.05) is 36.4 Å². The number of esters is 1. The Hall–Kier alpha value is -2.56. The predicted octanol–water partition coefficient (Wildman–Crippen LogP) is 5.23. The third kappa shape index (κ3) is 3.06. The van der Waals surface area contributed by atoms with Gasteiger partial charge in [0.05, 0.1) is 11.0 Å². The summed E-state index contributed by atoms with van der Waals surface area (Å²) in [5.41, 5.74) is 0.0114. The van der Waals surface area contributed by atoms with Gasteiger partial charge in [-0.3, -0.25) is 9.59 Å². The predicted molar refractivity (Wildman–Crippen MR) is 107 cm³/mol. The molecule has 0 amide bonds. The van der Waals surface area contributed by atoms with E-state index < -0.39 is 35.0 Å². The van der Waals surface area contributed by atoms with Crippen LogP contribution in [0, 0.1) is 28.9 Å². The molecule has 0 spiro atoms. The van der Waals surface area contributed by atoms with E-state index in [1.807, 2.05) is 18.2 Å². The van der Waals surface area contributed by atoms with Crippen molar-refractivity contribution < 1.29 is 23.1 Å². The van der Waals surface area contributed by atoms with Gasteiger partial charge in [0.1, 0.15) is 11.6 Å². The van der Waals surface area contributed by atoms with Crippen molar-refractivity contribution in [3.63, 3.8) is 0 Å². The first-order chi connectivity index (χ1) is 14.4. The first kappa shape index (κ1) is 19.4. The highest BCUT2D eigenvalue weighted by atomic mass is 19.1. The summed E-state index contributed by atoms with van der Waals surface area (Å²) in [6.45, 7) is -0.633. The van der Waals surface area contributed by atoms with Crippen LogP contribution in [-0.2, 0) is 14.9 Å². The van der Waals surface area contributed by atoms with Crippen molar-refractivity contribution in [1.82, 2.24) is 0 Å². The van der Waals surface area contributed by atoms with Gasteiger partial charge in [-0.25, -0.2) is 8.78 Å². The molecule has 4 fully saturated rings. The number of ether oxygens (including phenoxy) is 1. The second-order valence-corrected chi connectivity index (χ2v) is 9.48. The van der Waals surface area contributed by atoms with Crippen molar-refractivity contribution in [1.29, 1.82) is 0 Å². The molecule has 4 bridgehead atoms. The number of halogens is 2. The van der Waals surface area contributed by atoms with E-state index in [2.05, 4.69) is 12.1 Å². The van der Waals surface area contributed by atoms with E-state index in [1.54, 1.807) is 0 Å². The molecule has 0 aliphatic heterocycles. The number of ketones is 1. The molecular weight excluding hydrogens is 386 g/mol. The van der Waals surface area contributed by atoms with Crippen molar-refractivity contribution in [3.8, 4) is 0 Å². The van der Waals surface area contributed by atoms with Crippen LogP contribution < -0.4 is 0 Å². The summed E-state index contributed by atoms with van der Waals surface area (Å²) in [5, 5.41) is 0. The van der Waals surface area contributed by atoms with Crippen molar-refractivity contribution in [2.75, 3.05) is 6.61 Å². The average molecular weight is 410 g/mol. The Morgan fingerprint density at radius 1 is 0.900 bits per heavy atom. The standard InChI is InChI=1S/C25H24F2O3/c26-19-7-4-8-20(27)22(19)21(28)14-30-23(29)25-12-16-9-17(13-25)11-24(10-16,15-25)18-5-2-1-3-6-18/h1-8,16-17H,9-15H2/t16-,17+,24?,25?. The van der Waals surface area contributed by atoms with Crippen molar-refractivity contribution in [2.24, 2.45) is 17.3 Å². The highest BCUT2D eigenvalue weighted by Crippen LogP contribution is 2.66. The topological polar surface area (TPSA) is 43.4 Å². The molecule has 0 aromatic heterocycles. The summed E-state index contributed by atoms with van der Waals surface area (Å²) in [4.78, 5) is 25.6. The normalized spacial score (nSPS) is 31.5. The second kappa shape index (κ2) is 7.00. The van der Waals surface area contributed by atoms with Crippen LogP contribution in [0.4, 0.5) is 8.78 Å². The van der Waals surface area contributed by atoms with E-state index in [1.165, 1.54) is 11.6 Å². The average Bonchev–Trinajstić information content (AvgIpc) is 2.71.